The molecule has 1 rings (SSSR count). The number of hydrogen-bond acceptors (Lipinski definition) is 2. The van der Waals surface area contributed by atoms with Crippen molar-refractivity contribution in [1.82, 2.24) is 0 Å². The average Bonchev–Trinajstić information content (AvgIpc) is 2.14. The predicted octanol–water partition coefficient (Wildman–Crippen LogP) is 2.73. The molecule has 2 nitrogen and oxygen atoms in total. The summed E-state index contributed by atoms with van der Waals surface area (Å²) in [6.07, 6.45) is 0.238. The highest BCUT2D eigenvalue weighted by Gasteiger charge is 2.09. The summed E-state index contributed by atoms with van der Waals surface area (Å²) in [4.78, 5) is 0. The molecular weight excluding hydrogens is 186 g/mol. The van der Waals surface area contributed by atoms with Crippen LogP contribution in [0.25, 0.3) is 0 Å². The Balaban J connectivity index is 2.69. The van der Waals surface area contributed by atoms with Gasteiger partial charge in [0.15, 0.2) is 0 Å². The van der Waals surface area contributed by atoms with Crippen LogP contribution in [0.2, 0.25) is 0 Å². The second-order valence-electron chi connectivity index (χ2n) is 4.35. The summed E-state index contributed by atoms with van der Waals surface area (Å²) in [6, 6.07) is 6.33. The smallest absolute Gasteiger partial charge is 0.0662 e. The third kappa shape index (κ3) is 3.65. The lowest BCUT2D eigenvalue weighted by atomic mass is 10.0. The van der Waals surface area contributed by atoms with Crippen molar-refractivity contribution in [1.29, 1.82) is 0 Å². The van der Waals surface area contributed by atoms with Crippen LogP contribution in [0.5, 0.6) is 0 Å². The molecule has 0 spiro atoms. The molecule has 0 aliphatic carbocycles. The van der Waals surface area contributed by atoms with E-state index in [1.165, 1.54) is 16.7 Å². The maximum atomic E-state index is 6.07. The van der Waals surface area contributed by atoms with Gasteiger partial charge in [-0.1, -0.05) is 23.8 Å². The molecule has 1 aromatic rings. The molecule has 0 aliphatic heterocycles. The summed E-state index contributed by atoms with van der Waals surface area (Å²) in [7, 11) is 0. The van der Waals surface area contributed by atoms with Gasteiger partial charge in [0.2, 0.25) is 0 Å². The van der Waals surface area contributed by atoms with E-state index in [0.29, 0.717) is 6.61 Å². The molecule has 84 valence electrons. The minimum absolute atomic E-state index is 0.0204. The van der Waals surface area contributed by atoms with Crippen LogP contribution in [0, 0.1) is 13.8 Å². The summed E-state index contributed by atoms with van der Waals surface area (Å²) < 4.78 is 5.52. The van der Waals surface area contributed by atoms with Gasteiger partial charge in [-0.15, -0.1) is 0 Å². The topological polar surface area (TPSA) is 35.2 Å². The fourth-order valence-corrected chi connectivity index (χ4v) is 1.63. The van der Waals surface area contributed by atoms with Crippen LogP contribution in [-0.2, 0) is 4.74 Å². The first-order valence-electron chi connectivity index (χ1n) is 5.45. The summed E-state index contributed by atoms with van der Waals surface area (Å²) in [5.74, 6) is 0. The highest BCUT2D eigenvalue weighted by Crippen LogP contribution is 2.17. The Hall–Kier alpha value is -0.860. The Kier molecular flexibility index (Phi) is 4.30. The number of benzene rings is 1. The fraction of sp³-hybridized carbons (Fsp3) is 0.538. The normalized spacial score (nSPS) is 13.2. The Morgan fingerprint density at radius 3 is 2.47 bits per heavy atom. The Bertz CT molecular complexity index is 320. The van der Waals surface area contributed by atoms with Gasteiger partial charge in [0.05, 0.1) is 18.8 Å². The average molecular weight is 207 g/mol. The highest BCUT2D eigenvalue weighted by molar-refractivity contribution is 5.32. The van der Waals surface area contributed by atoms with Crippen LogP contribution >= 0.6 is 0 Å². The zero-order valence-corrected chi connectivity index (χ0v) is 10.1. The van der Waals surface area contributed by atoms with E-state index in [1.807, 2.05) is 13.8 Å². The predicted molar refractivity (Wildman–Crippen MR) is 63.9 cm³/mol. The van der Waals surface area contributed by atoms with Gasteiger partial charge in [-0.05, 0) is 38.8 Å². The van der Waals surface area contributed by atoms with E-state index in [-0.39, 0.29) is 12.1 Å². The van der Waals surface area contributed by atoms with Gasteiger partial charge in [0, 0.05) is 0 Å². The first-order chi connectivity index (χ1) is 7.00. The monoisotopic (exact) mass is 207 g/mol. The van der Waals surface area contributed by atoms with Crippen molar-refractivity contribution >= 4 is 0 Å². The molecule has 0 fully saturated rings. The summed E-state index contributed by atoms with van der Waals surface area (Å²) in [6.45, 7) is 8.81. The molecule has 0 heterocycles. The zero-order chi connectivity index (χ0) is 11.4. The van der Waals surface area contributed by atoms with Crippen molar-refractivity contribution < 1.29 is 4.74 Å². The van der Waals surface area contributed by atoms with Crippen LogP contribution in [0.3, 0.4) is 0 Å². The quantitative estimate of drug-likeness (QED) is 0.824. The van der Waals surface area contributed by atoms with Gasteiger partial charge in [0.25, 0.3) is 0 Å². The fourth-order valence-electron chi connectivity index (χ4n) is 1.63. The Morgan fingerprint density at radius 1 is 1.27 bits per heavy atom. The lowest BCUT2D eigenvalue weighted by Crippen LogP contribution is -2.20. The van der Waals surface area contributed by atoms with E-state index in [9.17, 15) is 0 Å². The number of rotatable bonds is 4. The van der Waals surface area contributed by atoms with Crippen molar-refractivity contribution in [3.05, 3.63) is 34.9 Å². The lowest BCUT2D eigenvalue weighted by Gasteiger charge is -2.17. The lowest BCUT2D eigenvalue weighted by molar-refractivity contribution is 0.0682. The highest BCUT2D eigenvalue weighted by atomic mass is 16.5. The van der Waals surface area contributed by atoms with Gasteiger partial charge in [-0.3, -0.25) is 0 Å². The number of nitrogens with two attached hydrogens (primary N) is 1. The molecule has 1 aromatic carbocycles. The molecule has 0 bridgehead atoms. The molecule has 15 heavy (non-hydrogen) atoms. The van der Waals surface area contributed by atoms with E-state index in [1.54, 1.807) is 0 Å². The minimum atomic E-state index is -0.0204. The van der Waals surface area contributed by atoms with Gasteiger partial charge in [-0.25, -0.2) is 0 Å². The van der Waals surface area contributed by atoms with E-state index in [2.05, 4.69) is 32.0 Å². The number of hydrogen-bond donors (Lipinski definition) is 1. The first kappa shape index (κ1) is 12.2. The SMILES string of the molecule is Cc1ccc(C(N)COC(C)C)c(C)c1. The molecule has 0 saturated carbocycles. The van der Waals surface area contributed by atoms with Crippen LogP contribution in [0.1, 0.15) is 36.6 Å². The second kappa shape index (κ2) is 5.29. The van der Waals surface area contributed by atoms with Gasteiger partial charge < -0.3 is 10.5 Å². The third-order valence-electron chi connectivity index (χ3n) is 2.43. The van der Waals surface area contributed by atoms with E-state index >= 15 is 0 Å². The van der Waals surface area contributed by atoms with Gasteiger partial charge in [0.1, 0.15) is 0 Å². The first-order valence-corrected chi connectivity index (χ1v) is 5.45. The van der Waals surface area contributed by atoms with Gasteiger partial charge in [-0.2, -0.15) is 0 Å². The standard InChI is InChI=1S/C13H21NO/c1-9(2)15-8-13(14)12-6-5-10(3)7-11(12)4/h5-7,9,13H,8,14H2,1-4H3. The van der Waals surface area contributed by atoms with Crippen LogP contribution in [-0.4, -0.2) is 12.7 Å². The second-order valence-corrected chi connectivity index (χ2v) is 4.35. The molecule has 2 N–H and O–H groups in total. The van der Waals surface area contributed by atoms with E-state index < -0.39 is 0 Å². The maximum absolute atomic E-state index is 6.07. The summed E-state index contributed by atoms with van der Waals surface area (Å²) in [5, 5.41) is 0. The Morgan fingerprint density at radius 2 is 1.93 bits per heavy atom. The van der Waals surface area contributed by atoms with Crippen LogP contribution < -0.4 is 5.73 Å². The molecule has 0 aromatic heterocycles. The van der Waals surface area contributed by atoms with E-state index in [4.69, 9.17) is 10.5 Å². The molecule has 0 radical (unpaired) electrons. The molecule has 1 atom stereocenters. The van der Waals surface area contributed by atoms with Crippen molar-refractivity contribution in [2.24, 2.45) is 5.73 Å². The largest absolute Gasteiger partial charge is 0.377 e. The van der Waals surface area contributed by atoms with Crippen molar-refractivity contribution in [2.75, 3.05) is 6.61 Å². The number of aryl methyl sites for hydroxylation is 2. The zero-order valence-electron chi connectivity index (χ0n) is 10.1. The van der Waals surface area contributed by atoms with E-state index in [0.717, 1.165) is 0 Å². The molecule has 0 aliphatic rings. The summed E-state index contributed by atoms with van der Waals surface area (Å²) in [5.41, 5.74) is 9.77. The van der Waals surface area contributed by atoms with Crippen molar-refractivity contribution in [3.63, 3.8) is 0 Å². The van der Waals surface area contributed by atoms with Crippen molar-refractivity contribution in [2.45, 2.75) is 39.8 Å². The third-order valence-corrected chi connectivity index (χ3v) is 2.43. The van der Waals surface area contributed by atoms with Crippen LogP contribution in [0.15, 0.2) is 18.2 Å². The molecule has 0 saturated heterocycles. The molecule has 2 heteroatoms. The maximum Gasteiger partial charge on any atom is 0.0662 e. The van der Waals surface area contributed by atoms with Gasteiger partial charge >= 0.3 is 0 Å². The molecule has 1 unspecified atom stereocenters. The molecular formula is C13H21NO. The minimum Gasteiger partial charge on any atom is -0.377 e. The molecule has 0 amide bonds. The Labute approximate surface area is 92.4 Å². The summed E-state index contributed by atoms with van der Waals surface area (Å²) >= 11 is 0. The number of ether oxygens (including phenoxy) is 1. The van der Waals surface area contributed by atoms with Crippen molar-refractivity contribution in [3.8, 4) is 0 Å². The van der Waals surface area contributed by atoms with Crippen LogP contribution in [0.4, 0.5) is 0 Å².